The van der Waals surface area contributed by atoms with Crippen molar-refractivity contribution in [1.29, 1.82) is 0 Å². The largest absolute Gasteiger partial charge is 0.378 e. The molecular formula is C18H25N3. The van der Waals surface area contributed by atoms with Gasteiger partial charge in [-0.15, -0.1) is 0 Å². The number of hydrogen-bond donors (Lipinski definition) is 2. The number of nitrogens with two attached hydrogens (primary N) is 1. The second-order valence-electron chi connectivity index (χ2n) is 6.62. The minimum atomic E-state index is 0.0447. The molecule has 0 unspecified atom stereocenters. The summed E-state index contributed by atoms with van der Waals surface area (Å²) in [6.07, 6.45) is 4.82. The van der Waals surface area contributed by atoms with Crippen molar-refractivity contribution < 1.29 is 0 Å². The van der Waals surface area contributed by atoms with Crippen LogP contribution in [0.25, 0.3) is 10.9 Å². The van der Waals surface area contributed by atoms with Crippen molar-refractivity contribution in [3.8, 4) is 0 Å². The molecule has 3 nitrogen and oxygen atoms in total. The van der Waals surface area contributed by atoms with E-state index in [1.165, 1.54) is 23.9 Å². The summed E-state index contributed by atoms with van der Waals surface area (Å²) in [4.78, 5) is 4.62. The van der Waals surface area contributed by atoms with Gasteiger partial charge in [0.2, 0.25) is 0 Å². The van der Waals surface area contributed by atoms with E-state index in [1.54, 1.807) is 0 Å². The third-order valence-electron chi connectivity index (χ3n) is 4.87. The normalized spacial score (nSPS) is 26.0. The second-order valence-corrected chi connectivity index (χ2v) is 6.62. The molecule has 1 saturated carbocycles. The van der Waals surface area contributed by atoms with E-state index < -0.39 is 0 Å². The van der Waals surface area contributed by atoms with Crippen LogP contribution < -0.4 is 11.1 Å². The number of nitrogens with one attached hydrogen (secondary N) is 1. The Morgan fingerprint density at radius 3 is 2.71 bits per heavy atom. The molecule has 0 aliphatic heterocycles. The van der Waals surface area contributed by atoms with E-state index >= 15 is 0 Å². The molecule has 0 bridgehead atoms. The number of nitrogens with zero attached hydrogens (tertiary/aromatic N) is 1. The van der Waals surface area contributed by atoms with Crippen LogP contribution in [0.4, 0.5) is 5.69 Å². The van der Waals surface area contributed by atoms with E-state index in [4.69, 9.17) is 5.73 Å². The van der Waals surface area contributed by atoms with E-state index in [-0.39, 0.29) is 5.54 Å². The monoisotopic (exact) mass is 283 g/mol. The number of aryl methyl sites for hydroxylation is 1. The minimum Gasteiger partial charge on any atom is -0.378 e. The summed E-state index contributed by atoms with van der Waals surface area (Å²) in [5.41, 5.74) is 9.46. The first kappa shape index (κ1) is 14.3. The van der Waals surface area contributed by atoms with Gasteiger partial charge < -0.3 is 11.1 Å². The molecule has 1 aromatic heterocycles. The van der Waals surface area contributed by atoms with Crippen LogP contribution in [0.3, 0.4) is 0 Å². The van der Waals surface area contributed by atoms with E-state index in [2.05, 4.69) is 48.4 Å². The quantitative estimate of drug-likeness (QED) is 0.899. The van der Waals surface area contributed by atoms with Crippen molar-refractivity contribution >= 4 is 16.6 Å². The van der Waals surface area contributed by atoms with Crippen LogP contribution in [0, 0.1) is 12.8 Å². The predicted molar refractivity (Wildman–Crippen MR) is 89.5 cm³/mol. The van der Waals surface area contributed by atoms with Crippen LogP contribution in [-0.4, -0.2) is 17.1 Å². The van der Waals surface area contributed by atoms with Gasteiger partial charge in [-0.3, -0.25) is 4.98 Å². The van der Waals surface area contributed by atoms with Gasteiger partial charge in [-0.1, -0.05) is 25.1 Å². The van der Waals surface area contributed by atoms with Crippen LogP contribution in [0.15, 0.2) is 30.3 Å². The van der Waals surface area contributed by atoms with Gasteiger partial charge in [0.05, 0.1) is 5.52 Å². The molecule has 2 aromatic rings. The van der Waals surface area contributed by atoms with Gasteiger partial charge in [0.25, 0.3) is 0 Å². The fourth-order valence-corrected chi connectivity index (χ4v) is 3.39. The van der Waals surface area contributed by atoms with E-state index in [1.807, 2.05) is 6.07 Å². The van der Waals surface area contributed by atoms with Gasteiger partial charge in [0.1, 0.15) is 0 Å². The molecule has 1 aliphatic carbocycles. The lowest BCUT2D eigenvalue weighted by molar-refractivity contribution is 0.272. The van der Waals surface area contributed by atoms with Crippen molar-refractivity contribution in [2.24, 2.45) is 11.7 Å². The number of rotatable bonds is 3. The molecule has 0 atom stereocenters. The summed E-state index contributed by atoms with van der Waals surface area (Å²) in [5.74, 6) is 0.822. The zero-order chi connectivity index (χ0) is 14.9. The fourth-order valence-electron chi connectivity index (χ4n) is 3.39. The Bertz CT molecular complexity index is 627. The van der Waals surface area contributed by atoms with Crippen molar-refractivity contribution in [1.82, 2.24) is 4.98 Å². The summed E-state index contributed by atoms with van der Waals surface area (Å²) >= 11 is 0. The van der Waals surface area contributed by atoms with Crippen molar-refractivity contribution in [3.05, 3.63) is 36.0 Å². The predicted octanol–water partition coefficient (Wildman–Crippen LogP) is 3.86. The molecule has 3 N–H and O–H groups in total. The second kappa shape index (κ2) is 5.64. The van der Waals surface area contributed by atoms with Gasteiger partial charge in [-0.2, -0.15) is 0 Å². The Balaban J connectivity index is 1.96. The van der Waals surface area contributed by atoms with E-state index in [9.17, 15) is 0 Å². The van der Waals surface area contributed by atoms with Crippen molar-refractivity contribution in [2.45, 2.75) is 45.1 Å². The molecule has 0 saturated heterocycles. The molecule has 0 amide bonds. The van der Waals surface area contributed by atoms with E-state index in [0.717, 1.165) is 30.0 Å². The average Bonchev–Trinajstić information content (AvgIpc) is 2.50. The number of para-hydroxylation sites is 1. The van der Waals surface area contributed by atoms with Crippen LogP contribution in [-0.2, 0) is 0 Å². The van der Waals surface area contributed by atoms with Crippen molar-refractivity contribution in [2.75, 3.05) is 11.9 Å². The molecule has 1 fully saturated rings. The highest BCUT2D eigenvalue weighted by molar-refractivity contribution is 5.91. The molecule has 0 spiro atoms. The standard InChI is InChI=1S/C18H25N3/c1-13-7-9-18(12-19,10-8-13)21-17-11-14(2)20-16-6-4-3-5-15(16)17/h3-6,11,13H,7-10,12,19H2,1-2H3,(H,20,21). The van der Waals surface area contributed by atoms with Gasteiger partial charge in [0.15, 0.2) is 0 Å². The molecule has 0 radical (unpaired) electrons. The van der Waals surface area contributed by atoms with E-state index in [0.29, 0.717) is 6.54 Å². The maximum Gasteiger partial charge on any atom is 0.0725 e. The minimum absolute atomic E-state index is 0.0447. The van der Waals surface area contributed by atoms with Crippen molar-refractivity contribution in [3.63, 3.8) is 0 Å². The average molecular weight is 283 g/mol. The highest BCUT2D eigenvalue weighted by Crippen LogP contribution is 2.35. The Morgan fingerprint density at radius 2 is 2.00 bits per heavy atom. The zero-order valence-corrected chi connectivity index (χ0v) is 13.0. The fraction of sp³-hybridized carbons (Fsp3) is 0.500. The van der Waals surface area contributed by atoms with Gasteiger partial charge in [-0.25, -0.2) is 0 Å². The SMILES string of the molecule is Cc1cc(NC2(CN)CCC(C)CC2)c2ccccc2n1. The highest BCUT2D eigenvalue weighted by Gasteiger charge is 2.33. The zero-order valence-electron chi connectivity index (χ0n) is 13.0. The number of fused-ring (bicyclic) bond motifs is 1. The lowest BCUT2D eigenvalue weighted by atomic mass is 9.77. The third-order valence-corrected chi connectivity index (χ3v) is 4.87. The molecule has 1 aromatic carbocycles. The smallest absolute Gasteiger partial charge is 0.0725 e. The third kappa shape index (κ3) is 2.88. The summed E-state index contributed by atoms with van der Waals surface area (Å²) in [6.45, 7) is 5.08. The Morgan fingerprint density at radius 1 is 1.29 bits per heavy atom. The van der Waals surface area contributed by atoms with Crippen LogP contribution in [0.2, 0.25) is 0 Å². The Labute approximate surface area is 127 Å². The first-order valence-corrected chi connectivity index (χ1v) is 7.96. The number of aromatic nitrogens is 1. The Kier molecular flexibility index (Phi) is 3.85. The first-order valence-electron chi connectivity index (χ1n) is 7.96. The molecule has 3 heteroatoms. The summed E-state index contributed by atoms with van der Waals surface area (Å²) in [6, 6.07) is 10.5. The molecular weight excluding hydrogens is 258 g/mol. The number of anilines is 1. The summed E-state index contributed by atoms with van der Waals surface area (Å²) in [7, 11) is 0. The molecule has 1 aliphatic rings. The first-order chi connectivity index (χ1) is 10.1. The number of pyridine rings is 1. The molecule has 1 heterocycles. The molecule has 3 rings (SSSR count). The lowest BCUT2D eigenvalue weighted by Gasteiger charge is -2.40. The van der Waals surface area contributed by atoms with Crippen LogP contribution in [0.5, 0.6) is 0 Å². The molecule has 21 heavy (non-hydrogen) atoms. The number of benzene rings is 1. The Hall–Kier alpha value is -1.61. The van der Waals surface area contributed by atoms with Gasteiger partial charge in [0, 0.05) is 28.9 Å². The molecule has 112 valence electrons. The maximum absolute atomic E-state index is 6.14. The lowest BCUT2D eigenvalue weighted by Crippen LogP contribution is -2.48. The summed E-state index contributed by atoms with van der Waals surface area (Å²) in [5, 5.41) is 4.97. The maximum atomic E-state index is 6.14. The van der Waals surface area contributed by atoms with Crippen LogP contribution >= 0.6 is 0 Å². The van der Waals surface area contributed by atoms with Gasteiger partial charge >= 0.3 is 0 Å². The van der Waals surface area contributed by atoms with Crippen LogP contribution in [0.1, 0.15) is 38.3 Å². The topological polar surface area (TPSA) is 50.9 Å². The highest BCUT2D eigenvalue weighted by atomic mass is 15.0. The number of hydrogen-bond acceptors (Lipinski definition) is 3. The summed E-state index contributed by atoms with van der Waals surface area (Å²) < 4.78 is 0. The van der Waals surface area contributed by atoms with Gasteiger partial charge in [-0.05, 0) is 50.7 Å².